The van der Waals surface area contributed by atoms with Gasteiger partial charge in [0.2, 0.25) is 0 Å². The molecule has 3 N–H and O–H groups in total. The third-order valence-electron chi connectivity index (χ3n) is 7.93. The molecule has 0 bridgehead atoms. The molecule has 0 saturated carbocycles. The number of esters is 2. The van der Waals surface area contributed by atoms with Crippen LogP contribution in [0.25, 0.3) is 0 Å². The first-order chi connectivity index (χ1) is 26.2. The summed E-state index contributed by atoms with van der Waals surface area (Å²) in [7, 11) is -4.79. The van der Waals surface area contributed by atoms with Gasteiger partial charge in [-0.2, -0.15) is 0 Å². The monoisotopic (exact) mass is 774 g/mol. The summed E-state index contributed by atoms with van der Waals surface area (Å²) in [6, 6.07) is 0. The van der Waals surface area contributed by atoms with Crippen LogP contribution >= 0.6 is 7.82 Å². The molecule has 1 unspecified atom stereocenters. The van der Waals surface area contributed by atoms with Crippen LogP contribution in [0, 0.1) is 0 Å². The van der Waals surface area contributed by atoms with Crippen LogP contribution in [-0.2, 0) is 28.2 Å². The zero-order valence-corrected chi connectivity index (χ0v) is 34.1. The highest BCUT2D eigenvalue weighted by Crippen LogP contribution is 2.35. The molecule has 10 heteroatoms. The van der Waals surface area contributed by atoms with Crippen molar-refractivity contribution in [1.82, 2.24) is 0 Å². The number of phosphoric ester groups is 1. The molecule has 9 nitrogen and oxygen atoms in total. The van der Waals surface area contributed by atoms with Crippen LogP contribution < -0.4 is 0 Å². The standard InChI is InChI=1S/C44H71O9P/c1-3-5-7-9-11-12-13-14-15-16-17-18-22-25-29-33-37-43(46)51-39-42(40-52-54(48,49)50)53-44(47)38-34-30-26-23-20-19-21-24-28-32-36-41(45)35-31-27-10-8-6-4-2/h6,8,11-12,14-15,19-20,24,26-28,30-32,36,41-42,45H,3-5,7,9-10,13,16-18,21-23,25,29,33-35,37-40H2,1-2H3,(H2,48,49,50)/b8-6-,12-11-,15-14-,20-19-,28-24-,30-26-,31-27-,36-32+/t41?,42-/m1/s1. The summed E-state index contributed by atoms with van der Waals surface area (Å²) >= 11 is 0. The lowest BCUT2D eigenvalue weighted by molar-refractivity contribution is -0.161. The summed E-state index contributed by atoms with van der Waals surface area (Å²) in [5.74, 6) is -1.03. The first-order valence-corrected chi connectivity index (χ1v) is 21.7. The number of hydrogen-bond acceptors (Lipinski definition) is 7. The van der Waals surface area contributed by atoms with E-state index in [1.54, 1.807) is 6.08 Å². The molecule has 0 aliphatic carbocycles. The van der Waals surface area contributed by atoms with Gasteiger partial charge >= 0.3 is 19.8 Å². The minimum Gasteiger partial charge on any atom is -0.462 e. The molecule has 0 aromatic carbocycles. The molecule has 0 fully saturated rings. The van der Waals surface area contributed by atoms with Crippen LogP contribution in [0.3, 0.4) is 0 Å². The van der Waals surface area contributed by atoms with E-state index in [4.69, 9.17) is 19.3 Å². The van der Waals surface area contributed by atoms with Gasteiger partial charge in [-0.3, -0.25) is 14.1 Å². The van der Waals surface area contributed by atoms with Gasteiger partial charge in [0, 0.05) is 12.8 Å². The van der Waals surface area contributed by atoms with Crippen LogP contribution in [0.4, 0.5) is 0 Å². The summed E-state index contributed by atoms with van der Waals surface area (Å²) in [6.07, 6.45) is 48.8. The molecule has 0 heterocycles. The van der Waals surface area contributed by atoms with Gasteiger partial charge in [0.05, 0.1) is 12.7 Å². The van der Waals surface area contributed by atoms with Gasteiger partial charge in [-0.05, 0) is 77.0 Å². The van der Waals surface area contributed by atoms with E-state index in [0.717, 1.165) is 64.2 Å². The Hall–Kier alpha value is -3.07. The summed E-state index contributed by atoms with van der Waals surface area (Å²) < 4.78 is 26.2. The van der Waals surface area contributed by atoms with Gasteiger partial charge in [0.1, 0.15) is 6.61 Å². The highest BCUT2D eigenvalue weighted by atomic mass is 31.2. The molecular formula is C44H71O9P. The molecule has 2 atom stereocenters. The molecule has 0 amide bonds. The van der Waals surface area contributed by atoms with Crippen LogP contribution in [0.15, 0.2) is 97.2 Å². The van der Waals surface area contributed by atoms with E-state index in [9.17, 15) is 19.3 Å². The largest absolute Gasteiger partial charge is 0.469 e. The van der Waals surface area contributed by atoms with Gasteiger partial charge in [-0.25, -0.2) is 4.57 Å². The fourth-order valence-corrected chi connectivity index (χ4v) is 5.28. The minimum absolute atomic E-state index is 0.0556. The van der Waals surface area contributed by atoms with E-state index in [1.807, 2.05) is 48.6 Å². The summed E-state index contributed by atoms with van der Waals surface area (Å²) in [4.78, 5) is 42.8. The van der Waals surface area contributed by atoms with Crippen molar-refractivity contribution in [1.29, 1.82) is 0 Å². The fraction of sp³-hybridized carbons (Fsp3) is 0.591. The van der Waals surface area contributed by atoms with Crippen molar-refractivity contribution in [2.24, 2.45) is 0 Å². The van der Waals surface area contributed by atoms with E-state index >= 15 is 0 Å². The maximum atomic E-state index is 12.4. The second-order valence-electron chi connectivity index (χ2n) is 13.1. The maximum absolute atomic E-state index is 12.4. The van der Waals surface area contributed by atoms with Crippen molar-refractivity contribution in [3.8, 4) is 0 Å². The van der Waals surface area contributed by atoms with Crippen molar-refractivity contribution in [2.45, 2.75) is 154 Å². The Bertz CT molecular complexity index is 1210. The van der Waals surface area contributed by atoms with Crippen molar-refractivity contribution in [3.05, 3.63) is 97.2 Å². The van der Waals surface area contributed by atoms with E-state index in [1.165, 1.54) is 25.7 Å². The Morgan fingerprint density at radius 3 is 1.80 bits per heavy atom. The van der Waals surface area contributed by atoms with Gasteiger partial charge in [0.15, 0.2) is 6.10 Å². The lowest BCUT2D eigenvalue weighted by Crippen LogP contribution is -2.29. The van der Waals surface area contributed by atoms with Crippen LogP contribution in [0.2, 0.25) is 0 Å². The minimum atomic E-state index is -4.79. The number of aliphatic hydroxyl groups excluding tert-OH is 1. The number of hydrogen-bond donors (Lipinski definition) is 3. The first-order valence-electron chi connectivity index (χ1n) is 20.1. The zero-order valence-electron chi connectivity index (χ0n) is 33.2. The zero-order chi connectivity index (χ0) is 39.8. The summed E-state index contributed by atoms with van der Waals surface area (Å²) in [5, 5.41) is 9.97. The number of phosphoric acid groups is 1. The Balaban J connectivity index is 4.18. The Kier molecular flexibility index (Phi) is 36.0. The normalized spacial score (nSPS) is 14.1. The van der Waals surface area contributed by atoms with Gasteiger partial charge < -0.3 is 24.4 Å². The van der Waals surface area contributed by atoms with Gasteiger partial charge in [-0.1, -0.05) is 150 Å². The third kappa shape index (κ3) is 40.1. The Labute approximate surface area is 327 Å². The summed E-state index contributed by atoms with van der Waals surface area (Å²) in [5.41, 5.74) is 0. The predicted octanol–water partition coefficient (Wildman–Crippen LogP) is 11.2. The second-order valence-corrected chi connectivity index (χ2v) is 14.3. The smallest absolute Gasteiger partial charge is 0.462 e. The summed E-state index contributed by atoms with van der Waals surface area (Å²) in [6.45, 7) is 3.39. The third-order valence-corrected chi connectivity index (χ3v) is 8.42. The lowest BCUT2D eigenvalue weighted by atomic mass is 10.1. The van der Waals surface area contributed by atoms with E-state index in [2.05, 4.69) is 60.9 Å². The molecular weight excluding hydrogens is 703 g/mol. The van der Waals surface area contributed by atoms with Crippen molar-refractivity contribution < 1.29 is 43.0 Å². The molecule has 0 aliphatic rings. The number of rotatable bonds is 35. The van der Waals surface area contributed by atoms with Gasteiger partial charge in [0.25, 0.3) is 0 Å². The molecule has 0 aromatic rings. The number of aliphatic hydroxyl groups is 1. The molecule has 54 heavy (non-hydrogen) atoms. The Morgan fingerprint density at radius 2 is 1.15 bits per heavy atom. The van der Waals surface area contributed by atoms with Crippen LogP contribution in [-0.4, -0.2) is 52.3 Å². The highest BCUT2D eigenvalue weighted by molar-refractivity contribution is 7.46. The SMILES string of the molecule is CC/C=C\C/C=C\CC(O)/C=C/C=C\C/C=C\C/C=C\CCC(=O)O[C@H](COC(=O)CCCCCCCC/C=C\C/C=C\CCCCC)COP(=O)(O)O. The van der Waals surface area contributed by atoms with E-state index in [0.29, 0.717) is 25.7 Å². The van der Waals surface area contributed by atoms with Crippen molar-refractivity contribution in [3.63, 3.8) is 0 Å². The number of allylic oxidation sites excluding steroid dienone is 14. The highest BCUT2D eigenvalue weighted by Gasteiger charge is 2.22. The topological polar surface area (TPSA) is 140 Å². The molecule has 306 valence electrons. The second kappa shape index (κ2) is 38.2. The average molecular weight is 775 g/mol. The molecule has 0 saturated heterocycles. The maximum Gasteiger partial charge on any atom is 0.469 e. The van der Waals surface area contributed by atoms with E-state index < -0.39 is 38.6 Å². The molecule has 0 rings (SSSR count). The average Bonchev–Trinajstić information content (AvgIpc) is 3.14. The predicted molar refractivity (Wildman–Crippen MR) is 222 cm³/mol. The molecule has 0 aliphatic heterocycles. The molecule has 0 spiro atoms. The number of unbranched alkanes of at least 4 members (excludes halogenated alkanes) is 9. The Morgan fingerprint density at radius 1 is 0.593 bits per heavy atom. The number of carbonyl (C=O) groups excluding carboxylic acids is 2. The first kappa shape index (κ1) is 50.9. The molecule has 0 radical (unpaired) electrons. The number of ether oxygens (including phenoxy) is 2. The van der Waals surface area contributed by atoms with Gasteiger partial charge in [-0.15, -0.1) is 0 Å². The fourth-order valence-electron chi connectivity index (χ4n) is 4.92. The molecule has 0 aromatic heterocycles. The van der Waals surface area contributed by atoms with Crippen molar-refractivity contribution >= 4 is 19.8 Å². The van der Waals surface area contributed by atoms with Crippen molar-refractivity contribution in [2.75, 3.05) is 13.2 Å². The lowest BCUT2D eigenvalue weighted by Gasteiger charge is -2.18. The van der Waals surface area contributed by atoms with Crippen LogP contribution in [0.1, 0.15) is 142 Å². The van der Waals surface area contributed by atoms with E-state index in [-0.39, 0.29) is 19.4 Å². The number of carbonyl (C=O) groups is 2. The van der Waals surface area contributed by atoms with Crippen LogP contribution in [0.5, 0.6) is 0 Å². The quantitative estimate of drug-likeness (QED) is 0.0189.